The molecule has 172 valence electrons. The van der Waals surface area contributed by atoms with Crippen LogP contribution in [0.5, 0.6) is 11.5 Å². The minimum absolute atomic E-state index is 0.186. The number of hydrogen-bond donors (Lipinski definition) is 1. The maximum atomic E-state index is 13.4. The molecule has 0 unspecified atom stereocenters. The lowest BCUT2D eigenvalue weighted by Gasteiger charge is -2.14. The van der Waals surface area contributed by atoms with Crippen molar-refractivity contribution < 1.29 is 18.7 Å². The fourth-order valence-corrected chi connectivity index (χ4v) is 4.13. The van der Waals surface area contributed by atoms with Crippen molar-refractivity contribution in [3.8, 4) is 11.5 Å². The average Bonchev–Trinajstić information content (AvgIpc) is 2.78. The predicted molar refractivity (Wildman–Crippen MR) is 134 cm³/mol. The molecule has 0 aliphatic heterocycles. The zero-order valence-electron chi connectivity index (χ0n) is 17.7. The zero-order chi connectivity index (χ0) is 23.6. The van der Waals surface area contributed by atoms with Gasteiger partial charge in [-0.25, -0.2) is 9.82 Å². The van der Waals surface area contributed by atoms with Gasteiger partial charge >= 0.3 is 0 Å². The number of hydrogen-bond acceptors (Lipinski definition) is 5. The Balaban J connectivity index is 1.60. The topological polar surface area (TPSA) is 59.9 Å². The molecule has 0 fully saturated rings. The van der Waals surface area contributed by atoms with Gasteiger partial charge in [-0.2, -0.15) is 5.10 Å². The Hall–Kier alpha value is -2.55. The summed E-state index contributed by atoms with van der Waals surface area (Å²) in [5.74, 6) is 0.682. The van der Waals surface area contributed by atoms with Crippen LogP contribution in [0.3, 0.4) is 0 Å². The van der Waals surface area contributed by atoms with Crippen LogP contribution in [0.1, 0.15) is 18.1 Å². The maximum absolute atomic E-state index is 13.4. The molecule has 3 aromatic carbocycles. The molecule has 0 atom stereocenters. The van der Waals surface area contributed by atoms with Crippen LogP contribution in [-0.4, -0.2) is 24.5 Å². The van der Waals surface area contributed by atoms with Crippen LogP contribution in [0, 0.1) is 5.82 Å². The summed E-state index contributed by atoms with van der Waals surface area (Å²) < 4.78 is 25.6. The number of nitrogens with zero attached hydrogens (tertiary/aromatic N) is 1. The van der Waals surface area contributed by atoms with Crippen molar-refractivity contribution in [1.29, 1.82) is 0 Å². The minimum atomic E-state index is -0.319. The van der Waals surface area contributed by atoms with E-state index in [2.05, 4.69) is 26.5 Å². The molecule has 0 aliphatic carbocycles. The first-order chi connectivity index (χ1) is 15.9. The van der Waals surface area contributed by atoms with E-state index in [1.165, 1.54) is 30.1 Å². The Labute approximate surface area is 209 Å². The summed E-state index contributed by atoms with van der Waals surface area (Å²) in [6.45, 7) is 2.48. The van der Waals surface area contributed by atoms with Crippen molar-refractivity contribution in [3.05, 3.63) is 87.1 Å². The minimum Gasteiger partial charge on any atom is -0.490 e. The largest absolute Gasteiger partial charge is 0.490 e. The third kappa shape index (κ3) is 8.07. The normalized spacial score (nSPS) is 10.9. The lowest BCUT2D eigenvalue weighted by atomic mass is 10.2. The summed E-state index contributed by atoms with van der Waals surface area (Å²) in [4.78, 5) is 13.0. The van der Waals surface area contributed by atoms with Gasteiger partial charge in [0, 0.05) is 9.92 Å². The van der Waals surface area contributed by atoms with Crippen LogP contribution >= 0.6 is 39.3 Å². The van der Waals surface area contributed by atoms with Gasteiger partial charge in [0.15, 0.2) is 11.5 Å². The highest BCUT2D eigenvalue weighted by Crippen LogP contribution is 2.37. The van der Waals surface area contributed by atoms with E-state index >= 15 is 0 Å². The van der Waals surface area contributed by atoms with Crippen molar-refractivity contribution in [1.82, 2.24) is 5.43 Å². The van der Waals surface area contributed by atoms with E-state index < -0.39 is 0 Å². The lowest BCUT2D eigenvalue weighted by molar-refractivity contribution is -0.118. The van der Waals surface area contributed by atoms with Crippen LogP contribution in [-0.2, 0) is 11.4 Å². The molecule has 33 heavy (non-hydrogen) atoms. The number of benzene rings is 3. The van der Waals surface area contributed by atoms with Gasteiger partial charge in [0.05, 0.1) is 23.0 Å². The van der Waals surface area contributed by atoms with E-state index in [4.69, 9.17) is 21.1 Å². The lowest BCUT2D eigenvalue weighted by Crippen LogP contribution is -2.19. The monoisotopic (exact) mass is 550 g/mol. The Morgan fingerprint density at radius 2 is 1.97 bits per heavy atom. The zero-order valence-corrected chi connectivity index (χ0v) is 20.8. The Morgan fingerprint density at radius 1 is 1.18 bits per heavy atom. The van der Waals surface area contributed by atoms with Crippen LogP contribution in [0.15, 0.2) is 75.1 Å². The van der Waals surface area contributed by atoms with Gasteiger partial charge in [-0.1, -0.05) is 23.7 Å². The fourth-order valence-electron chi connectivity index (χ4n) is 2.74. The molecule has 0 bridgehead atoms. The van der Waals surface area contributed by atoms with Crippen LogP contribution < -0.4 is 14.9 Å². The molecule has 5 nitrogen and oxygen atoms in total. The van der Waals surface area contributed by atoms with Gasteiger partial charge in [-0.05, 0) is 82.5 Å². The van der Waals surface area contributed by atoms with Crippen molar-refractivity contribution in [2.45, 2.75) is 18.4 Å². The van der Waals surface area contributed by atoms with Crippen LogP contribution in [0.25, 0.3) is 0 Å². The second kappa shape index (κ2) is 12.6. The van der Waals surface area contributed by atoms with Gasteiger partial charge < -0.3 is 9.47 Å². The SMILES string of the molecule is CCOc1cc(/C=N\NC(=O)CSc2ccc(Cl)cc2)cc(Br)c1OCc1cccc(F)c1. The molecule has 0 radical (unpaired) electrons. The highest BCUT2D eigenvalue weighted by Gasteiger charge is 2.12. The number of ether oxygens (including phenoxy) is 2. The number of carbonyl (C=O) groups is 1. The Kier molecular flexibility index (Phi) is 9.60. The third-order valence-electron chi connectivity index (χ3n) is 4.19. The highest BCUT2D eigenvalue weighted by molar-refractivity contribution is 9.10. The number of amides is 1. The van der Waals surface area contributed by atoms with E-state index in [1.54, 1.807) is 36.4 Å². The van der Waals surface area contributed by atoms with Gasteiger partial charge in [-0.3, -0.25) is 4.79 Å². The molecule has 9 heteroatoms. The highest BCUT2D eigenvalue weighted by atomic mass is 79.9. The number of rotatable bonds is 10. The molecule has 3 aromatic rings. The molecule has 1 amide bonds. The van der Waals surface area contributed by atoms with Gasteiger partial charge in [-0.15, -0.1) is 11.8 Å². The first-order valence-electron chi connectivity index (χ1n) is 9.98. The van der Waals surface area contributed by atoms with Gasteiger partial charge in [0.2, 0.25) is 5.91 Å². The summed E-state index contributed by atoms with van der Waals surface area (Å²) in [7, 11) is 0. The second-order valence-electron chi connectivity index (χ2n) is 6.72. The number of hydrazone groups is 1. The number of carbonyl (C=O) groups excluding carboxylic acids is 1. The first kappa shape index (κ1) is 25.1. The smallest absolute Gasteiger partial charge is 0.250 e. The van der Waals surface area contributed by atoms with Crippen molar-refractivity contribution in [3.63, 3.8) is 0 Å². The van der Waals surface area contributed by atoms with E-state index in [0.717, 1.165) is 4.90 Å². The molecule has 0 heterocycles. The molecule has 0 saturated heterocycles. The Morgan fingerprint density at radius 3 is 2.70 bits per heavy atom. The third-order valence-corrected chi connectivity index (χ3v) is 6.04. The summed E-state index contributed by atoms with van der Waals surface area (Å²) in [5, 5.41) is 4.67. The standard InChI is InChI=1S/C24H21BrClFN2O3S/c1-2-31-22-12-17(11-21(25)24(22)32-14-16-4-3-5-19(27)10-16)13-28-29-23(30)15-33-20-8-6-18(26)7-9-20/h3-13H,2,14-15H2,1H3,(H,29,30)/b28-13-. The molecule has 0 saturated carbocycles. The molecular formula is C24H21BrClFN2O3S. The Bertz CT molecular complexity index is 1130. The van der Waals surface area contributed by atoms with Crippen LogP contribution in [0.4, 0.5) is 4.39 Å². The maximum Gasteiger partial charge on any atom is 0.250 e. The fraction of sp³-hybridized carbons (Fsp3) is 0.167. The summed E-state index contributed by atoms with van der Waals surface area (Å²) in [6.07, 6.45) is 1.52. The van der Waals surface area contributed by atoms with Gasteiger partial charge in [0.25, 0.3) is 0 Å². The molecule has 3 rings (SSSR count). The van der Waals surface area contributed by atoms with E-state index in [9.17, 15) is 9.18 Å². The summed E-state index contributed by atoms with van der Waals surface area (Å²) in [5.41, 5.74) is 3.92. The molecule has 0 aromatic heterocycles. The first-order valence-corrected chi connectivity index (χ1v) is 12.1. The number of nitrogens with one attached hydrogen (secondary N) is 1. The molecular weight excluding hydrogens is 531 g/mol. The second-order valence-corrected chi connectivity index (χ2v) is 9.06. The average molecular weight is 552 g/mol. The van der Waals surface area contributed by atoms with Crippen molar-refractivity contribution in [2.75, 3.05) is 12.4 Å². The van der Waals surface area contributed by atoms with E-state index in [-0.39, 0.29) is 24.1 Å². The van der Waals surface area contributed by atoms with E-state index in [0.29, 0.717) is 38.7 Å². The summed E-state index contributed by atoms with van der Waals surface area (Å²) >= 11 is 10.7. The quantitative estimate of drug-likeness (QED) is 0.178. The van der Waals surface area contributed by atoms with E-state index in [1.807, 2.05) is 19.1 Å². The molecule has 0 aliphatic rings. The predicted octanol–water partition coefficient (Wildman–Crippen LogP) is 6.46. The van der Waals surface area contributed by atoms with Crippen LogP contribution in [0.2, 0.25) is 5.02 Å². The number of thioether (sulfide) groups is 1. The molecule has 1 N–H and O–H groups in total. The molecule has 0 spiro atoms. The number of halogens is 3. The summed E-state index contributed by atoms with van der Waals surface area (Å²) in [6, 6.07) is 17.0. The van der Waals surface area contributed by atoms with Crippen molar-refractivity contribution >= 4 is 51.4 Å². The van der Waals surface area contributed by atoms with Gasteiger partial charge in [0.1, 0.15) is 12.4 Å². The van der Waals surface area contributed by atoms with Crippen molar-refractivity contribution in [2.24, 2.45) is 5.10 Å².